The van der Waals surface area contributed by atoms with Gasteiger partial charge < -0.3 is 15.5 Å². The van der Waals surface area contributed by atoms with E-state index in [1.165, 1.54) is 12.8 Å². The van der Waals surface area contributed by atoms with Crippen molar-refractivity contribution in [1.29, 1.82) is 0 Å². The summed E-state index contributed by atoms with van der Waals surface area (Å²) >= 11 is 0. The third kappa shape index (κ3) is 4.58. The van der Waals surface area contributed by atoms with E-state index in [0.717, 1.165) is 19.6 Å². The Balaban J connectivity index is 2.02. The molecule has 0 spiro atoms. The predicted octanol–water partition coefficient (Wildman–Crippen LogP) is -0.194. The van der Waals surface area contributed by atoms with Crippen LogP contribution < -0.4 is 10.6 Å². The van der Waals surface area contributed by atoms with E-state index in [4.69, 9.17) is 0 Å². The van der Waals surface area contributed by atoms with Crippen LogP contribution in [0.15, 0.2) is 0 Å². The van der Waals surface area contributed by atoms with Crippen molar-refractivity contribution in [2.75, 3.05) is 33.7 Å². The summed E-state index contributed by atoms with van der Waals surface area (Å²) in [6, 6.07) is 0.498. The van der Waals surface area contributed by atoms with Crippen LogP contribution in [0.25, 0.3) is 0 Å². The summed E-state index contributed by atoms with van der Waals surface area (Å²) in [5.41, 5.74) is 0. The Bertz CT molecular complexity index is 176. The highest BCUT2D eigenvalue weighted by atomic mass is 16.1. The van der Waals surface area contributed by atoms with Gasteiger partial charge in [-0.05, 0) is 33.5 Å². The number of rotatable bonds is 5. The molecule has 1 rings (SSSR count). The summed E-state index contributed by atoms with van der Waals surface area (Å²) in [6.45, 7) is 2.70. The van der Waals surface area contributed by atoms with Gasteiger partial charge in [0.1, 0.15) is 0 Å². The zero-order valence-electron chi connectivity index (χ0n) is 9.18. The fourth-order valence-electron chi connectivity index (χ4n) is 1.58. The highest BCUT2D eigenvalue weighted by Crippen LogP contribution is 2.02. The first kappa shape index (κ1) is 11.5. The Morgan fingerprint density at radius 2 is 2.36 bits per heavy atom. The number of nitrogens with zero attached hydrogens (tertiary/aromatic N) is 1. The van der Waals surface area contributed by atoms with Crippen molar-refractivity contribution in [2.45, 2.75) is 25.3 Å². The van der Waals surface area contributed by atoms with Crippen LogP contribution in [-0.2, 0) is 4.79 Å². The third-order valence-corrected chi connectivity index (χ3v) is 2.49. The Hall–Kier alpha value is -0.610. The Morgan fingerprint density at radius 1 is 1.57 bits per heavy atom. The predicted molar refractivity (Wildman–Crippen MR) is 57.2 cm³/mol. The van der Waals surface area contributed by atoms with E-state index in [2.05, 4.69) is 10.6 Å². The zero-order valence-corrected chi connectivity index (χ0v) is 9.18. The lowest BCUT2D eigenvalue weighted by Crippen LogP contribution is -2.38. The maximum Gasteiger partial charge on any atom is 0.221 e. The molecule has 0 radical (unpaired) electrons. The lowest BCUT2D eigenvalue weighted by Gasteiger charge is -2.13. The molecule has 1 atom stereocenters. The topological polar surface area (TPSA) is 44.4 Å². The quantitative estimate of drug-likeness (QED) is 0.645. The maximum absolute atomic E-state index is 11.3. The van der Waals surface area contributed by atoms with Gasteiger partial charge >= 0.3 is 0 Å². The van der Waals surface area contributed by atoms with E-state index in [-0.39, 0.29) is 5.91 Å². The van der Waals surface area contributed by atoms with Crippen LogP contribution in [-0.4, -0.2) is 50.6 Å². The second kappa shape index (κ2) is 5.98. The normalized spacial score (nSPS) is 21.5. The van der Waals surface area contributed by atoms with Crippen LogP contribution in [0.5, 0.6) is 0 Å². The molecular formula is C10H21N3O. The molecule has 1 aliphatic heterocycles. The van der Waals surface area contributed by atoms with E-state index in [9.17, 15) is 4.79 Å². The van der Waals surface area contributed by atoms with Crippen LogP contribution in [0, 0.1) is 0 Å². The molecular weight excluding hydrogens is 178 g/mol. The Kier molecular flexibility index (Phi) is 4.90. The van der Waals surface area contributed by atoms with Gasteiger partial charge in [0.2, 0.25) is 5.91 Å². The molecule has 1 amide bonds. The first-order valence-electron chi connectivity index (χ1n) is 5.33. The summed E-state index contributed by atoms with van der Waals surface area (Å²) in [6.07, 6.45) is 3.02. The first-order chi connectivity index (χ1) is 6.68. The van der Waals surface area contributed by atoms with Crippen LogP contribution in [0.4, 0.5) is 0 Å². The number of carbonyl (C=O) groups excluding carboxylic acids is 1. The monoisotopic (exact) mass is 199 g/mol. The molecule has 4 nitrogen and oxygen atoms in total. The van der Waals surface area contributed by atoms with Crippen LogP contribution in [0.2, 0.25) is 0 Å². The molecule has 0 aromatic carbocycles. The Labute approximate surface area is 86.0 Å². The largest absolute Gasteiger partial charge is 0.354 e. The smallest absolute Gasteiger partial charge is 0.221 e. The third-order valence-electron chi connectivity index (χ3n) is 2.49. The van der Waals surface area contributed by atoms with E-state index in [0.29, 0.717) is 12.5 Å². The minimum Gasteiger partial charge on any atom is -0.354 e. The molecule has 1 saturated heterocycles. The van der Waals surface area contributed by atoms with Crippen molar-refractivity contribution < 1.29 is 4.79 Å². The molecule has 82 valence electrons. The van der Waals surface area contributed by atoms with Crippen molar-refractivity contribution in [3.05, 3.63) is 0 Å². The molecule has 1 unspecified atom stereocenters. The molecule has 4 heteroatoms. The van der Waals surface area contributed by atoms with Gasteiger partial charge in [-0.3, -0.25) is 4.79 Å². The summed E-state index contributed by atoms with van der Waals surface area (Å²) in [7, 11) is 3.96. The second-order valence-corrected chi connectivity index (χ2v) is 4.15. The van der Waals surface area contributed by atoms with E-state index in [1.807, 2.05) is 19.0 Å². The second-order valence-electron chi connectivity index (χ2n) is 4.15. The fourth-order valence-corrected chi connectivity index (χ4v) is 1.58. The highest BCUT2D eigenvalue weighted by molar-refractivity contribution is 5.76. The maximum atomic E-state index is 11.3. The van der Waals surface area contributed by atoms with Gasteiger partial charge in [-0.15, -0.1) is 0 Å². The van der Waals surface area contributed by atoms with Crippen LogP contribution in [0.3, 0.4) is 0 Å². The molecule has 2 N–H and O–H groups in total. The van der Waals surface area contributed by atoms with Crippen molar-refractivity contribution in [3.63, 3.8) is 0 Å². The fraction of sp³-hybridized carbons (Fsp3) is 0.900. The summed E-state index contributed by atoms with van der Waals surface area (Å²) in [5.74, 6) is 0.160. The standard InChI is InChI=1S/C10H21N3O/c1-13(2)7-5-10(14)12-8-9-4-3-6-11-9/h9,11H,3-8H2,1-2H3,(H,12,14). The molecule has 0 aliphatic carbocycles. The van der Waals surface area contributed by atoms with E-state index in [1.54, 1.807) is 0 Å². The molecule has 0 aromatic rings. The lowest BCUT2D eigenvalue weighted by atomic mass is 10.2. The minimum atomic E-state index is 0.160. The number of hydrogen-bond acceptors (Lipinski definition) is 3. The summed E-state index contributed by atoms with van der Waals surface area (Å²) < 4.78 is 0. The van der Waals surface area contributed by atoms with Gasteiger partial charge in [-0.25, -0.2) is 0 Å². The van der Waals surface area contributed by atoms with Crippen molar-refractivity contribution in [2.24, 2.45) is 0 Å². The molecule has 0 saturated carbocycles. The average Bonchev–Trinajstić information content (AvgIpc) is 2.63. The first-order valence-corrected chi connectivity index (χ1v) is 5.33. The number of nitrogens with one attached hydrogen (secondary N) is 2. The zero-order chi connectivity index (χ0) is 10.4. The van der Waals surface area contributed by atoms with Gasteiger partial charge in [0, 0.05) is 25.6 Å². The van der Waals surface area contributed by atoms with Crippen molar-refractivity contribution in [1.82, 2.24) is 15.5 Å². The molecule has 0 aromatic heterocycles. The minimum absolute atomic E-state index is 0.160. The van der Waals surface area contributed by atoms with E-state index < -0.39 is 0 Å². The van der Waals surface area contributed by atoms with Crippen LogP contribution in [0.1, 0.15) is 19.3 Å². The van der Waals surface area contributed by atoms with Gasteiger partial charge in [0.05, 0.1) is 0 Å². The molecule has 0 bridgehead atoms. The van der Waals surface area contributed by atoms with Gasteiger partial charge in [0.25, 0.3) is 0 Å². The SMILES string of the molecule is CN(C)CCC(=O)NCC1CCCN1. The van der Waals surface area contributed by atoms with Gasteiger partial charge in [-0.2, -0.15) is 0 Å². The summed E-state index contributed by atoms with van der Waals surface area (Å²) in [5, 5.41) is 6.30. The van der Waals surface area contributed by atoms with Gasteiger partial charge in [0.15, 0.2) is 0 Å². The molecule has 1 aliphatic rings. The van der Waals surface area contributed by atoms with Crippen molar-refractivity contribution in [3.8, 4) is 0 Å². The summed E-state index contributed by atoms with van der Waals surface area (Å²) in [4.78, 5) is 13.4. The molecule has 14 heavy (non-hydrogen) atoms. The van der Waals surface area contributed by atoms with Gasteiger partial charge in [-0.1, -0.05) is 0 Å². The number of amides is 1. The highest BCUT2D eigenvalue weighted by Gasteiger charge is 2.14. The molecule has 1 heterocycles. The number of carbonyl (C=O) groups is 1. The molecule has 1 fully saturated rings. The average molecular weight is 199 g/mol. The van der Waals surface area contributed by atoms with Crippen molar-refractivity contribution >= 4 is 5.91 Å². The lowest BCUT2D eigenvalue weighted by molar-refractivity contribution is -0.121. The van der Waals surface area contributed by atoms with E-state index >= 15 is 0 Å². The Morgan fingerprint density at radius 3 is 2.93 bits per heavy atom. The number of hydrogen-bond donors (Lipinski definition) is 2. The van der Waals surface area contributed by atoms with Crippen LogP contribution >= 0.6 is 0 Å².